The van der Waals surface area contributed by atoms with E-state index in [-0.39, 0.29) is 10.8 Å². The van der Waals surface area contributed by atoms with Crippen LogP contribution in [0.25, 0.3) is 0 Å². The van der Waals surface area contributed by atoms with Gasteiger partial charge in [0.05, 0.1) is 16.5 Å². The maximum Gasteiger partial charge on any atom is 0.418 e. The van der Waals surface area contributed by atoms with E-state index >= 15 is 0 Å². The first-order valence-corrected chi connectivity index (χ1v) is 8.86. The van der Waals surface area contributed by atoms with Gasteiger partial charge in [-0.1, -0.05) is 35.2 Å². The average molecular weight is 405 g/mol. The molecule has 1 atom stereocenters. The molecule has 0 radical (unpaired) electrons. The fourth-order valence-electron chi connectivity index (χ4n) is 1.74. The van der Waals surface area contributed by atoms with Crippen LogP contribution in [0.1, 0.15) is 12.5 Å². The predicted octanol–water partition coefficient (Wildman–Crippen LogP) is 3.24. The highest BCUT2D eigenvalue weighted by molar-refractivity contribution is 8.02. The number of hydrogen-bond acceptors (Lipinski definition) is 7. The second kappa shape index (κ2) is 8.36. The molecule has 3 N–H and O–H groups in total. The first-order valence-electron chi connectivity index (χ1n) is 7.16. The second-order valence-electron chi connectivity index (χ2n) is 4.87. The van der Waals surface area contributed by atoms with Crippen LogP contribution in [0.5, 0.6) is 0 Å². The molecule has 140 valence electrons. The van der Waals surface area contributed by atoms with Gasteiger partial charge >= 0.3 is 12.2 Å². The molecule has 12 heteroatoms. The molecule has 26 heavy (non-hydrogen) atoms. The Balaban J connectivity index is 2.05. The SMILES string of the molecule is CNC(=O)NC(=O)[C@@H](C)Sc1nnc(Nc2ccccc2C(F)(F)F)s1. The fourth-order valence-corrected chi connectivity index (χ4v) is 3.65. The highest BCUT2D eigenvalue weighted by atomic mass is 32.2. The molecule has 2 aromatic rings. The summed E-state index contributed by atoms with van der Waals surface area (Å²) < 4.78 is 39.4. The number of rotatable bonds is 5. The number of hydrogen-bond donors (Lipinski definition) is 3. The number of thioether (sulfide) groups is 1. The van der Waals surface area contributed by atoms with Gasteiger partial charge in [0.25, 0.3) is 0 Å². The Morgan fingerprint density at radius 2 is 1.92 bits per heavy atom. The number of alkyl halides is 3. The molecular weight excluding hydrogens is 391 g/mol. The number of imide groups is 1. The summed E-state index contributed by atoms with van der Waals surface area (Å²) in [6, 6.07) is 4.38. The quantitative estimate of drug-likeness (QED) is 0.661. The molecule has 0 unspecified atom stereocenters. The van der Waals surface area contributed by atoms with Gasteiger partial charge in [-0.05, 0) is 19.1 Å². The summed E-state index contributed by atoms with van der Waals surface area (Å²) in [5.41, 5.74) is -0.958. The summed E-state index contributed by atoms with van der Waals surface area (Å²) in [4.78, 5) is 22.9. The Bertz CT molecular complexity index is 797. The molecule has 3 amide bonds. The Morgan fingerprint density at radius 3 is 2.58 bits per heavy atom. The first-order chi connectivity index (χ1) is 12.2. The minimum absolute atomic E-state index is 0.141. The lowest BCUT2D eigenvalue weighted by Gasteiger charge is -2.12. The Morgan fingerprint density at radius 1 is 1.23 bits per heavy atom. The third kappa shape index (κ3) is 5.33. The summed E-state index contributed by atoms with van der Waals surface area (Å²) in [6.07, 6.45) is -4.50. The molecule has 2 rings (SSSR count). The number of para-hydroxylation sites is 1. The van der Waals surface area contributed by atoms with E-state index in [1.807, 2.05) is 0 Å². The zero-order valence-corrected chi connectivity index (χ0v) is 15.2. The van der Waals surface area contributed by atoms with Crippen LogP contribution < -0.4 is 16.0 Å². The number of nitrogens with zero attached hydrogens (tertiary/aromatic N) is 2. The number of halogens is 3. The molecule has 0 fully saturated rings. The number of urea groups is 1. The van der Waals surface area contributed by atoms with Gasteiger partial charge < -0.3 is 10.6 Å². The fraction of sp³-hybridized carbons (Fsp3) is 0.286. The van der Waals surface area contributed by atoms with Crippen molar-refractivity contribution in [1.29, 1.82) is 0 Å². The molecule has 0 saturated heterocycles. The lowest BCUT2D eigenvalue weighted by atomic mass is 10.2. The number of carbonyl (C=O) groups is 2. The summed E-state index contributed by atoms with van der Waals surface area (Å²) in [5, 5.41) is 14.1. The van der Waals surface area contributed by atoms with Crippen molar-refractivity contribution in [1.82, 2.24) is 20.8 Å². The zero-order valence-electron chi connectivity index (χ0n) is 13.5. The summed E-state index contributed by atoms with van der Waals surface area (Å²) >= 11 is 2.04. The minimum atomic E-state index is -4.50. The molecule has 1 aromatic heterocycles. The summed E-state index contributed by atoms with van der Waals surface area (Å²) in [5.74, 6) is -0.526. The van der Waals surface area contributed by atoms with E-state index < -0.39 is 28.9 Å². The van der Waals surface area contributed by atoms with Crippen LogP contribution in [-0.2, 0) is 11.0 Å². The van der Waals surface area contributed by atoms with E-state index in [1.165, 1.54) is 25.2 Å². The van der Waals surface area contributed by atoms with Crippen molar-refractivity contribution in [3.05, 3.63) is 29.8 Å². The van der Waals surface area contributed by atoms with Gasteiger partial charge in [-0.3, -0.25) is 10.1 Å². The average Bonchev–Trinajstić information content (AvgIpc) is 3.01. The molecule has 1 aromatic carbocycles. The highest BCUT2D eigenvalue weighted by Gasteiger charge is 2.33. The van der Waals surface area contributed by atoms with Gasteiger partial charge in [0, 0.05) is 7.05 Å². The van der Waals surface area contributed by atoms with Gasteiger partial charge in [-0.2, -0.15) is 13.2 Å². The van der Waals surface area contributed by atoms with E-state index in [4.69, 9.17) is 0 Å². The summed E-state index contributed by atoms with van der Waals surface area (Å²) in [6.45, 7) is 1.57. The maximum absolute atomic E-state index is 13.0. The largest absolute Gasteiger partial charge is 0.418 e. The van der Waals surface area contributed by atoms with Crippen molar-refractivity contribution in [2.45, 2.75) is 22.7 Å². The van der Waals surface area contributed by atoms with Crippen molar-refractivity contribution in [2.24, 2.45) is 0 Å². The molecule has 0 aliphatic heterocycles. The van der Waals surface area contributed by atoms with Crippen molar-refractivity contribution in [2.75, 3.05) is 12.4 Å². The smallest absolute Gasteiger partial charge is 0.341 e. The molecule has 0 bridgehead atoms. The third-order valence-electron chi connectivity index (χ3n) is 2.99. The lowest BCUT2D eigenvalue weighted by Crippen LogP contribution is -2.41. The standard InChI is InChI=1S/C14H14F3N5O2S2/c1-7(10(23)20-11(24)18-2)25-13-22-21-12(26-13)19-9-6-4-3-5-8(9)14(15,16)17/h3-7H,1-2H3,(H,19,21)(H2,18,20,23,24)/t7-/m1/s1. The van der Waals surface area contributed by atoms with E-state index in [0.29, 0.717) is 4.34 Å². The Hall–Kier alpha value is -2.34. The predicted molar refractivity (Wildman–Crippen MR) is 92.6 cm³/mol. The van der Waals surface area contributed by atoms with Crippen LogP contribution >= 0.6 is 23.1 Å². The minimum Gasteiger partial charge on any atom is -0.341 e. The van der Waals surface area contributed by atoms with E-state index in [9.17, 15) is 22.8 Å². The number of nitrogens with one attached hydrogen (secondary N) is 3. The first kappa shape index (κ1) is 20.0. The van der Waals surface area contributed by atoms with Crippen molar-refractivity contribution < 1.29 is 22.8 Å². The zero-order chi connectivity index (χ0) is 19.3. The molecule has 0 aliphatic carbocycles. The monoisotopic (exact) mass is 405 g/mol. The second-order valence-corrected chi connectivity index (χ2v) is 7.44. The van der Waals surface area contributed by atoms with Crippen molar-refractivity contribution >= 4 is 45.9 Å². The maximum atomic E-state index is 13.0. The van der Waals surface area contributed by atoms with Gasteiger partial charge in [0.2, 0.25) is 11.0 Å². The van der Waals surface area contributed by atoms with E-state index in [0.717, 1.165) is 29.2 Å². The number of amides is 3. The lowest BCUT2D eigenvalue weighted by molar-refractivity contribution is -0.137. The number of aromatic nitrogens is 2. The normalized spacial score (nSPS) is 12.3. The Kier molecular flexibility index (Phi) is 6.42. The number of benzene rings is 1. The van der Waals surface area contributed by atoms with Crippen LogP contribution in [0.3, 0.4) is 0 Å². The molecule has 0 aliphatic rings. The van der Waals surface area contributed by atoms with Crippen LogP contribution in [0, 0.1) is 0 Å². The van der Waals surface area contributed by atoms with E-state index in [2.05, 4.69) is 26.1 Å². The highest BCUT2D eigenvalue weighted by Crippen LogP contribution is 2.37. The molecular formula is C14H14F3N5O2S2. The number of carbonyl (C=O) groups excluding carboxylic acids is 2. The van der Waals surface area contributed by atoms with Crippen molar-refractivity contribution in [3.63, 3.8) is 0 Å². The summed E-state index contributed by atoms with van der Waals surface area (Å²) in [7, 11) is 1.38. The number of anilines is 2. The topological polar surface area (TPSA) is 96.0 Å². The van der Waals surface area contributed by atoms with Crippen LogP contribution in [-0.4, -0.2) is 34.4 Å². The molecule has 0 saturated carbocycles. The van der Waals surface area contributed by atoms with Gasteiger partial charge in [0.1, 0.15) is 0 Å². The van der Waals surface area contributed by atoms with Crippen molar-refractivity contribution in [3.8, 4) is 0 Å². The molecule has 1 heterocycles. The van der Waals surface area contributed by atoms with Gasteiger partial charge in [0.15, 0.2) is 4.34 Å². The third-order valence-corrected chi connectivity index (χ3v) is 5.01. The van der Waals surface area contributed by atoms with Crippen LogP contribution in [0.2, 0.25) is 0 Å². The van der Waals surface area contributed by atoms with Gasteiger partial charge in [-0.25, -0.2) is 4.79 Å². The van der Waals surface area contributed by atoms with Gasteiger partial charge in [-0.15, -0.1) is 10.2 Å². The van der Waals surface area contributed by atoms with Crippen LogP contribution in [0.15, 0.2) is 28.6 Å². The molecule has 0 spiro atoms. The van der Waals surface area contributed by atoms with E-state index in [1.54, 1.807) is 6.92 Å². The molecule has 7 nitrogen and oxygen atoms in total. The van der Waals surface area contributed by atoms with Crippen LogP contribution in [0.4, 0.5) is 28.8 Å². The Labute approximate surface area is 154 Å².